The van der Waals surface area contributed by atoms with Crippen molar-refractivity contribution in [3.05, 3.63) is 0 Å². The molecule has 0 aromatic carbocycles. The van der Waals surface area contributed by atoms with Gasteiger partial charge in [-0.05, 0) is 42.4 Å². The van der Waals surface area contributed by atoms with Crippen molar-refractivity contribution in [1.29, 1.82) is 0 Å². The average Bonchev–Trinajstić information content (AvgIpc) is 2.64. The van der Waals surface area contributed by atoms with Crippen LogP contribution in [0, 0.1) is 29.6 Å². The maximum Gasteiger partial charge on any atom is 0.139 e. The van der Waals surface area contributed by atoms with Crippen LogP contribution in [0.3, 0.4) is 0 Å². The fourth-order valence-corrected chi connectivity index (χ4v) is 4.91. The smallest absolute Gasteiger partial charge is 0.139 e. The average molecular weight is 236 g/mol. The first-order chi connectivity index (χ1) is 7.91. The second-order valence-electron chi connectivity index (χ2n) is 7.13. The Balaban J connectivity index is 2.24. The summed E-state index contributed by atoms with van der Waals surface area (Å²) in [7, 11) is 2.30. The lowest BCUT2D eigenvalue weighted by atomic mass is 9.72. The van der Waals surface area contributed by atoms with Crippen LogP contribution in [-0.4, -0.2) is 19.5 Å². The third-order valence-electron chi connectivity index (χ3n) is 5.42. The van der Waals surface area contributed by atoms with E-state index in [0.29, 0.717) is 6.00 Å². The van der Waals surface area contributed by atoms with E-state index >= 15 is 0 Å². The zero-order valence-electron chi connectivity index (χ0n) is 12.5. The van der Waals surface area contributed by atoms with Gasteiger partial charge in [-0.1, -0.05) is 41.0 Å². The van der Waals surface area contributed by atoms with Crippen molar-refractivity contribution in [2.45, 2.75) is 65.5 Å². The summed E-state index contributed by atoms with van der Waals surface area (Å²) in [6.45, 7) is 11.9. The lowest BCUT2D eigenvalue weighted by molar-refractivity contribution is -0.0777. The Bertz CT molecular complexity index is 264. The number of ether oxygens (including phenoxy) is 1. The second-order valence-corrected chi connectivity index (χ2v) is 7.13. The summed E-state index contributed by atoms with van der Waals surface area (Å²) in [5.74, 6) is 4.02. The summed E-state index contributed by atoms with van der Waals surface area (Å²) in [6.07, 6.45) is 3.86. The van der Waals surface area contributed by atoms with Gasteiger partial charge in [-0.2, -0.15) is 0 Å². The van der Waals surface area contributed by atoms with Gasteiger partial charge in [-0.3, -0.25) is 0 Å². The molecule has 0 aromatic heterocycles. The molecule has 1 nitrogen and oxygen atoms in total. The molecule has 0 amide bonds. The Morgan fingerprint density at radius 2 is 2.00 bits per heavy atom. The topological polar surface area (TPSA) is 9.23 Å². The number of hydrogen-bond acceptors (Lipinski definition) is 1. The Labute approximate surface area is 108 Å². The molecule has 1 aliphatic heterocycles. The zero-order valence-corrected chi connectivity index (χ0v) is 12.5. The van der Waals surface area contributed by atoms with E-state index in [2.05, 4.69) is 42.5 Å². The fraction of sp³-hybridized carbons (Fsp3) is 1.00. The third kappa shape index (κ3) is 2.07. The molecule has 0 N–H and O–H groups in total. The van der Waals surface area contributed by atoms with E-state index in [1.807, 2.05) is 0 Å². The monoisotopic (exact) mass is 236 g/mol. The maximum absolute atomic E-state index is 6.46. The molecule has 98 valence electrons. The Morgan fingerprint density at radius 1 is 1.35 bits per heavy atom. The van der Waals surface area contributed by atoms with Crippen LogP contribution in [0.5, 0.6) is 0 Å². The summed E-state index contributed by atoms with van der Waals surface area (Å²) in [4.78, 5) is 0. The van der Waals surface area contributed by atoms with Crippen molar-refractivity contribution in [2.75, 3.05) is 0 Å². The molecule has 1 heterocycles. The van der Waals surface area contributed by atoms with Crippen molar-refractivity contribution in [2.24, 2.45) is 29.6 Å². The van der Waals surface area contributed by atoms with Gasteiger partial charge in [0, 0.05) is 6.00 Å². The molecule has 1 saturated carbocycles. The molecule has 1 aliphatic carbocycles. The van der Waals surface area contributed by atoms with Crippen molar-refractivity contribution in [3.63, 3.8) is 0 Å². The van der Waals surface area contributed by atoms with Gasteiger partial charge in [0.2, 0.25) is 0 Å². The second kappa shape index (κ2) is 4.61. The summed E-state index contributed by atoms with van der Waals surface area (Å²) < 4.78 is 6.46. The van der Waals surface area contributed by atoms with Gasteiger partial charge in [0.25, 0.3) is 0 Å². The van der Waals surface area contributed by atoms with Gasteiger partial charge in [0.1, 0.15) is 7.85 Å². The molecular formula is C15H29BO. The molecule has 2 bridgehead atoms. The van der Waals surface area contributed by atoms with Crippen LogP contribution >= 0.6 is 0 Å². The molecule has 2 aliphatic rings. The lowest BCUT2D eigenvalue weighted by Gasteiger charge is -2.37. The van der Waals surface area contributed by atoms with E-state index in [1.54, 1.807) is 0 Å². The predicted octanol–water partition coefficient (Wildman–Crippen LogP) is 3.08. The molecule has 0 spiro atoms. The summed E-state index contributed by atoms with van der Waals surface area (Å²) in [6, 6.07) is 0.482. The summed E-state index contributed by atoms with van der Waals surface area (Å²) in [5.41, 5.74) is 0.215. The summed E-state index contributed by atoms with van der Waals surface area (Å²) >= 11 is 0. The SMILES string of the molecule is BC1OC2(CC(C)CC)CC(C)C1C2C(C)C. The molecule has 2 rings (SSSR count). The van der Waals surface area contributed by atoms with Crippen LogP contribution in [0.25, 0.3) is 0 Å². The van der Waals surface area contributed by atoms with Gasteiger partial charge in [0.15, 0.2) is 0 Å². The largest absolute Gasteiger partial charge is 0.380 e. The zero-order chi connectivity index (χ0) is 12.8. The molecule has 6 unspecified atom stereocenters. The lowest BCUT2D eigenvalue weighted by Crippen LogP contribution is -2.38. The van der Waals surface area contributed by atoms with Crippen LogP contribution in [0.4, 0.5) is 0 Å². The number of rotatable bonds is 4. The van der Waals surface area contributed by atoms with Crippen LogP contribution in [0.2, 0.25) is 0 Å². The quantitative estimate of drug-likeness (QED) is 0.681. The number of fused-ring (bicyclic) bond motifs is 2. The van der Waals surface area contributed by atoms with Gasteiger partial charge in [-0.25, -0.2) is 0 Å². The molecular weight excluding hydrogens is 207 g/mol. The van der Waals surface area contributed by atoms with Gasteiger partial charge in [0.05, 0.1) is 5.60 Å². The van der Waals surface area contributed by atoms with Crippen LogP contribution in [-0.2, 0) is 4.74 Å². The first-order valence-electron chi connectivity index (χ1n) is 7.59. The predicted molar refractivity (Wildman–Crippen MR) is 75.8 cm³/mol. The van der Waals surface area contributed by atoms with Crippen LogP contribution < -0.4 is 0 Å². The van der Waals surface area contributed by atoms with E-state index in [1.165, 1.54) is 19.3 Å². The minimum Gasteiger partial charge on any atom is -0.380 e. The third-order valence-corrected chi connectivity index (χ3v) is 5.42. The highest BCUT2D eigenvalue weighted by atomic mass is 16.5. The molecule has 0 radical (unpaired) electrons. The minimum absolute atomic E-state index is 0.215. The standard InChI is InChI=1S/C15H29BO/c1-6-10(4)7-15-8-11(5)12(14(16)17-15)13(15)9(2)3/h9-14H,6-8,16H2,1-5H3. The van der Waals surface area contributed by atoms with Crippen LogP contribution in [0.1, 0.15) is 53.9 Å². The van der Waals surface area contributed by atoms with E-state index < -0.39 is 0 Å². The van der Waals surface area contributed by atoms with Gasteiger partial charge >= 0.3 is 0 Å². The van der Waals surface area contributed by atoms with Crippen molar-refractivity contribution in [3.8, 4) is 0 Å². The first-order valence-corrected chi connectivity index (χ1v) is 7.59. The highest BCUT2D eigenvalue weighted by Crippen LogP contribution is 2.59. The molecule has 0 aromatic rings. The minimum atomic E-state index is 0.215. The van der Waals surface area contributed by atoms with Crippen LogP contribution in [0.15, 0.2) is 0 Å². The normalized spacial score (nSPS) is 46.7. The molecule has 6 atom stereocenters. The van der Waals surface area contributed by atoms with Crippen molar-refractivity contribution >= 4 is 7.85 Å². The first kappa shape index (κ1) is 13.5. The summed E-state index contributed by atoms with van der Waals surface area (Å²) in [5, 5.41) is 0. The number of hydrogen-bond donors (Lipinski definition) is 0. The van der Waals surface area contributed by atoms with Gasteiger partial charge in [-0.15, -0.1) is 0 Å². The van der Waals surface area contributed by atoms with Gasteiger partial charge < -0.3 is 4.74 Å². The molecule has 1 saturated heterocycles. The molecule has 17 heavy (non-hydrogen) atoms. The van der Waals surface area contributed by atoms with E-state index in [9.17, 15) is 0 Å². The van der Waals surface area contributed by atoms with Crippen molar-refractivity contribution in [1.82, 2.24) is 0 Å². The highest BCUT2D eigenvalue weighted by molar-refractivity contribution is 6.11. The van der Waals surface area contributed by atoms with E-state index in [0.717, 1.165) is 29.6 Å². The fourth-order valence-electron chi connectivity index (χ4n) is 4.91. The van der Waals surface area contributed by atoms with Crippen molar-refractivity contribution < 1.29 is 4.74 Å². The maximum atomic E-state index is 6.46. The van der Waals surface area contributed by atoms with E-state index in [-0.39, 0.29) is 5.60 Å². The Kier molecular flexibility index (Phi) is 3.65. The Morgan fingerprint density at radius 3 is 2.47 bits per heavy atom. The highest BCUT2D eigenvalue weighted by Gasteiger charge is 2.61. The molecule has 2 heteroatoms. The Hall–Kier alpha value is 0.0249. The van der Waals surface area contributed by atoms with E-state index in [4.69, 9.17) is 4.74 Å². The molecule has 2 fully saturated rings.